The largest absolute Gasteiger partial charge is 0.493 e. The standard InChI is InChI=1S/C12H19NO4S/c1-16-11-5-4-10(9-13)8-12(11)17-6-3-7-18(2,14)15/h4-5,8H,3,6-7,9,13H2,1-2H3. The van der Waals surface area contributed by atoms with E-state index < -0.39 is 9.84 Å². The lowest BCUT2D eigenvalue weighted by atomic mass is 10.2. The van der Waals surface area contributed by atoms with E-state index in [1.165, 1.54) is 6.26 Å². The highest BCUT2D eigenvalue weighted by molar-refractivity contribution is 7.90. The van der Waals surface area contributed by atoms with Crippen molar-refractivity contribution in [3.8, 4) is 11.5 Å². The van der Waals surface area contributed by atoms with Crippen LogP contribution >= 0.6 is 0 Å². The molecule has 0 amide bonds. The molecule has 0 aliphatic heterocycles. The highest BCUT2D eigenvalue weighted by Crippen LogP contribution is 2.28. The molecule has 0 radical (unpaired) electrons. The Kier molecular flexibility index (Phi) is 5.43. The third-order valence-corrected chi connectivity index (χ3v) is 3.41. The van der Waals surface area contributed by atoms with Crippen LogP contribution < -0.4 is 15.2 Å². The summed E-state index contributed by atoms with van der Waals surface area (Å²) in [6, 6.07) is 5.45. The van der Waals surface area contributed by atoms with Crippen molar-refractivity contribution in [2.75, 3.05) is 25.7 Å². The molecule has 5 nitrogen and oxygen atoms in total. The summed E-state index contributed by atoms with van der Waals surface area (Å²) in [5.41, 5.74) is 6.49. The van der Waals surface area contributed by atoms with E-state index in [0.717, 1.165) is 5.56 Å². The van der Waals surface area contributed by atoms with Crippen LogP contribution in [-0.2, 0) is 16.4 Å². The van der Waals surface area contributed by atoms with Crippen molar-refractivity contribution >= 4 is 9.84 Å². The number of sulfone groups is 1. The summed E-state index contributed by atoms with van der Waals surface area (Å²) in [5.74, 6) is 1.33. The van der Waals surface area contributed by atoms with Gasteiger partial charge < -0.3 is 15.2 Å². The Balaban J connectivity index is 2.60. The third-order valence-electron chi connectivity index (χ3n) is 2.38. The van der Waals surface area contributed by atoms with Crippen molar-refractivity contribution in [3.63, 3.8) is 0 Å². The first-order valence-corrected chi connectivity index (χ1v) is 7.70. The van der Waals surface area contributed by atoms with E-state index in [2.05, 4.69) is 0 Å². The van der Waals surface area contributed by atoms with Crippen molar-refractivity contribution in [2.24, 2.45) is 5.73 Å². The average Bonchev–Trinajstić information content (AvgIpc) is 2.33. The van der Waals surface area contributed by atoms with Gasteiger partial charge in [-0.2, -0.15) is 0 Å². The molecular formula is C12H19NO4S. The zero-order chi connectivity index (χ0) is 13.6. The Labute approximate surface area is 108 Å². The van der Waals surface area contributed by atoms with Gasteiger partial charge in [0.05, 0.1) is 19.5 Å². The molecule has 0 unspecified atom stereocenters. The first-order chi connectivity index (χ1) is 8.46. The topological polar surface area (TPSA) is 78.6 Å². The summed E-state index contributed by atoms with van der Waals surface area (Å²) < 4.78 is 32.6. The summed E-state index contributed by atoms with van der Waals surface area (Å²) in [7, 11) is -1.38. The van der Waals surface area contributed by atoms with Gasteiger partial charge in [0.1, 0.15) is 9.84 Å². The zero-order valence-electron chi connectivity index (χ0n) is 10.7. The van der Waals surface area contributed by atoms with Crippen molar-refractivity contribution in [2.45, 2.75) is 13.0 Å². The van der Waals surface area contributed by atoms with Gasteiger partial charge in [-0.05, 0) is 24.1 Å². The second-order valence-corrected chi connectivity index (χ2v) is 6.28. The molecule has 0 atom stereocenters. The van der Waals surface area contributed by atoms with Gasteiger partial charge in [-0.1, -0.05) is 6.07 Å². The highest BCUT2D eigenvalue weighted by atomic mass is 32.2. The zero-order valence-corrected chi connectivity index (χ0v) is 11.5. The lowest BCUT2D eigenvalue weighted by Gasteiger charge is -2.11. The van der Waals surface area contributed by atoms with E-state index in [1.807, 2.05) is 6.07 Å². The predicted molar refractivity (Wildman–Crippen MR) is 70.7 cm³/mol. The number of ether oxygens (including phenoxy) is 2. The van der Waals surface area contributed by atoms with Gasteiger partial charge in [0.2, 0.25) is 0 Å². The Bertz CT molecular complexity index is 485. The van der Waals surface area contributed by atoms with E-state index >= 15 is 0 Å². The molecule has 1 rings (SSSR count). The quantitative estimate of drug-likeness (QED) is 0.749. The van der Waals surface area contributed by atoms with Crippen LogP contribution in [-0.4, -0.2) is 34.1 Å². The Morgan fingerprint density at radius 1 is 1.28 bits per heavy atom. The van der Waals surface area contributed by atoms with Crippen LogP contribution in [0, 0.1) is 0 Å². The van der Waals surface area contributed by atoms with Gasteiger partial charge >= 0.3 is 0 Å². The van der Waals surface area contributed by atoms with Crippen LogP contribution in [0.3, 0.4) is 0 Å². The van der Waals surface area contributed by atoms with Crippen molar-refractivity contribution in [1.29, 1.82) is 0 Å². The van der Waals surface area contributed by atoms with Crippen molar-refractivity contribution < 1.29 is 17.9 Å². The molecule has 2 N–H and O–H groups in total. The maximum absolute atomic E-state index is 11.0. The van der Waals surface area contributed by atoms with Crippen LogP contribution in [0.1, 0.15) is 12.0 Å². The van der Waals surface area contributed by atoms with Crippen molar-refractivity contribution in [1.82, 2.24) is 0 Å². The Morgan fingerprint density at radius 2 is 2.00 bits per heavy atom. The summed E-state index contributed by atoms with van der Waals surface area (Å²) >= 11 is 0. The predicted octanol–water partition coefficient (Wildman–Crippen LogP) is 0.967. The van der Waals surface area contributed by atoms with Gasteiger partial charge in [-0.3, -0.25) is 0 Å². The van der Waals surface area contributed by atoms with E-state index in [0.29, 0.717) is 31.1 Å². The molecule has 0 bridgehead atoms. The molecule has 102 valence electrons. The molecule has 6 heteroatoms. The monoisotopic (exact) mass is 273 g/mol. The number of hydrogen-bond acceptors (Lipinski definition) is 5. The lowest BCUT2D eigenvalue weighted by molar-refractivity contribution is 0.294. The lowest BCUT2D eigenvalue weighted by Crippen LogP contribution is -2.08. The van der Waals surface area contributed by atoms with E-state index in [4.69, 9.17) is 15.2 Å². The van der Waals surface area contributed by atoms with E-state index in [9.17, 15) is 8.42 Å². The minimum atomic E-state index is -2.94. The Hall–Kier alpha value is -1.27. The number of rotatable bonds is 7. The molecule has 0 heterocycles. The molecule has 0 aliphatic rings. The first-order valence-electron chi connectivity index (χ1n) is 5.64. The number of methoxy groups -OCH3 is 1. The third kappa shape index (κ3) is 4.93. The summed E-state index contributed by atoms with van der Waals surface area (Å²) in [5, 5.41) is 0. The van der Waals surface area contributed by atoms with Crippen LogP contribution in [0.2, 0.25) is 0 Å². The molecule has 18 heavy (non-hydrogen) atoms. The molecule has 0 spiro atoms. The van der Waals surface area contributed by atoms with Gasteiger partial charge in [0.25, 0.3) is 0 Å². The fraction of sp³-hybridized carbons (Fsp3) is 0.500. The smallest absolute Gasteiger partial charge is 0.161 e. The van der Waals surface area contributed by atoms with Crippen LogP contribution in [0.25, 0.3) is 0 Å². The average molecular weight is 273 g/mol. The van der Waals surface area contributed by atoms with E-state index in [-0.39, 0.29) is 5.75 Å². The molecule has 1 aromatic rings. The van der Waals surface area contributed by atoms with Crippen LogP contribution in [0.5, 0.6) is 11.5 Å². The van der Waals surface area contributed by atoms with Crippen LogP contribution in [0.4, 0.5) is 0 Å². The van der Waals surface area contributed by atoms with E-state index in [1.54, 1.807) is 19.2 Å². The maximum Gasteiger partial charge on any atom is 0.161 e. The fourth-order valence-corrected chi connectivity index (χ4v) is 2.11. The number of hydrogen-bond donors (Lipinski definition) is 1. The first kappa shape index (κ1) is 14.8. The molecule has 0 aromatic heterocycles. The fourth-order valence-electron chi connectivity index (χ4n) is 1.46. The maximum atomic E-state index is 11.0. The summed E-state index contributed by atoms with van der Waals surface area (Å²) in [6.07, 6.45) is 1.66. The molecule has 1 aromatic carbocycles. The molecule has 0 saturated carbocycles. The normalized spacial score (nSPS) is 11.3. The SMILES string of the molecule is COc1ccc(CN)cc1OCCCS(C)(=O)=O. The molecule has 0 aliphatic carbocycles. The summed E-state index contributed by atoms with van der Waals surface area (Å²) in [6.45, 7) is 0.751. The highest BCUT2D eigenvalue weighted by Gasteiger charge is 2.06. The number of benzene rings is 1. The van der Waals surface area contributed by atoms with Crippen LogP contribution in [0.15, 0.2) is 18.2 Å². The van der Waals surface area contributed by atoms with Gasteiger partial charge in [0, 0.05) is 12.8 Å². The number of nitrogens with two attached hydrogens (primary N) is 1. The molecule has 0 fully saturated rings. The van der Waals surface area contributed by atoms with Crippen molar-refractivity contribution in [3.05, 3.63) is 23.8 Å². The Morgan fingerprint density at radius 3 is 2.56 bits per heavy atom. The molecule has 0 saturated heterocycles. The molecular weight excluding hydrogens is 254 g/mol. The minimum Gasteiger partial charge on any atom is -0.493 e. The van der Waals surface area contributed by atoms with Gasteiger partial charge in [0.15, 0.2) is 11.5 Å². The second kappa shape index (κ2) is 6.61. The second-order valence-electron chi connectivity index (χ2n) is 4.02. The van der Waals surface area contributed by atoms with Gasteiger partial charge in [-0.25, -0.2) is 8.42 Å². The summed E-state index contributed by atoms with van der Waals surface area (Å²) in [4.78, 5) is 0. The van der Waals surface area contributed by atoms with Gasteiger partial charge in [-0.15, -0.1) is 0 Å². The minimum absolute atomic E-state index is 0.117.